The maximum absolute atomic E-state index is 13.1. The monoisotopic (exact) mass is 390 g/mol. The summed E-state index contributed by atoms with van der Waals surface area (Å²) in [7, 11) is 1.55. The van der Waals surface area contributed by atoms with Crippen LogP contribution in [0, 0.1) is 0 Å². The number of fused-ring (bicyclic) bond motifs is 1. The molecule has 3 aromatic rings. The number of methoxy groups -OCH3 is 1. The predicted octanol–water partition coefficient (Wildman–Crippen LogP) is 2.42. The molecule has 2 heterocycles. The quantitative estimate of drug-likeness (QED) is 0.622. The minimum atomic E-state index is -0.695. The molecule has 142 valence electrons. The summed E-state index contributed by atoms with van der Waals surface area (Å²) in [5.41, 5.74) is 0.770. The van der Waals surface area contributed by atoms with Gasteiger partial charge in [0.1, 0.15) is 23.4 Å². The third kappa shape index (κ3) is 3.86. The van der Waals surface area contributed by atoms with Gasteiger partial charge in [-0.1, -0.05) is 35.8 Å². The second-order valence-corrected chi connectivity index (χ2v) is 6.32. The molecular formula is C18H19ClN4O4. The highest BCUT2D eigenvalue weighted by Gasteiger charge is 2.23. The van der Waals surface area contributed by atoms with Gasteiger partial charge in [-0.05, 0) is 18.6 Å². The van der Waals surface area contributed by atoms with Gasteiger partial charge in [0.2, 0.25) is 5.91 Å². The fourth-order valence-electron chi connectivity index (χ4n) is 2.79. The first kappa shape index (κ1) is 19.1. The lowest BCUT2D eigenvalue weighted by Crippen LogP contribution is -2.38. The highest BCUT2D eigenvalue weighted by atomic mass is 35.5. The summed E-state index contributed by atoms with van der Waals surface area (Å²) in [6.07, 6.45) is 1.74. The van der Waals surface area contributed by atoms with E-state index >= 15 is 0 Å². The third-order valence-corrected chi connectivity index (χ3v) is 4.42. The van der Waals surface area contributed by atoms with Crippen LogP contribution < -0.4 is 10.9 Å². The Morgan fingerprint density at radius 2 is 2.11 bits per heavy atom. The fourth-order valence-corrected chi connectivity index (χ4v) is 2.91. The SMILES string of the molecule is CC[C@H](C(=O)NCCOC)n1cnc2onc(-c3ccc(Cl)cc3)c2c1=O. The van der Waals surface area contributed by atoms with Gasteiger partial charge in [-0.3, -0.25) is 14.2 Å². The molecule has 0 bridgehead atoms. The van der Waals surface area contributed by atoms with Crippen molar-refractivity contribution in [2.45, 2.75) is 19.4 Å². The highest BCUT2D eigenvalue weighted by Crippen LogP contribution is 2.26. The molecule has 0 saturated carbocycles. The number of rotatable bonds is 7. The van der Waals surface area contributed by atoms with Gasteiger partial charge in [-0.2, -0.15) is 0 Å². The number of aromatic nitrogens is 3. The molecule has 0 unspecified atom stereocenters. The van der Waals surface area contributed by atoms with Crippen LogP contribution in [0.15, 0.2) is 39.9 Å². The average Bonchev–Trinajstić information content (AvgIpc) is 3.10. The molecule has 0 aliphatic rings. The van der Waals surface area contributed by atoms with E-state index in [0.29, 0.717) is 35.9 Å². The molecule has 0 saturated heterocycles. The lowest BCUT2D eigenvalue weighted by molar-refractivity contribution is -0.124. The fraction of sp³-hybridized carbons (Fsp3) is 0.333. The Hall–Kier alpha value is -2.71. The topological polar surface area (TPSA) is 99.2 Å². The second-order valence-electron chi connectivity index (χ2n) is 5.88. The smallest absolute Gasteiger partial charge is 0.267 e. The molecule has 0 spiro atoms. The molecule has 27 heavy (non-hydrogen) atoms. The zero-order valence-corrected chi connectivity index (χ0v) is 15.7. The molecular weight excluding hydrogens is 372 g/mol. The van der Waals surface area contributed by atoms with E-state index < -0.39 is 6.04 Å². The van der Waals surface area contributed by atoms with Crippen molar-refractivity contribution in [1.29, 1.82) is 0 Å². The van der Waals surface area contributed by atoms with Gasteiger partial charge in [0.25, 0.3) is 11.3 Å². The third-order valence-electron chi connectivity index (χ3n) is 4.17. The summed E-state index contributed by atoms with van der Waals surface area (Å²) in [6, 6.07) is 6.18. The van der Waals surface area contributed by atoms with Crippen LogP contribution in [-0.4, -0.2) is 40.9 Å². The van der Waals surface area contributed by atoms with Crippen LogP contribution in [0.3, 0.4) is 0 Å². The summed E-state index contributed by atoms with van der Waals surface area (Å²) in [6.45, 7) is 2.57. The van der Waals surface area contributed by atoms with E-state index in [-0.39, 0.29) is 22.6 Å². The Morgan fingerprint density at radius 1 is 1.37 bits per heavy atom. The van der Waals surface area contributed by atoms with Crippen LogP contribution in [0.25, 0.3) is 22.4 Å². The number of benzene rings is 1. The zero-order chi connectivity index (χ0) is 19.4. The van der Waals surface area contributed by atoms with Gasteiger partial charge < -0.3 is 14.6 Å². The van der Waals surface area contributed by atoms with E-state index in [1.54, 1.807) is 31.4 Å². The Kier molecular flexibility index (Phi) is 5.88. The van der Waals surface area contributed by atoms with Gasteiger partial charge in [0, 0.05) is 24.2 Å². The minimum Gasteiger partial charge on any atom is -0.383 e. The molecule has 1 amide bonds. The standard InChI is InChI=1S/C18H19ClN4O4/c1-3-13(16(24)20-8-9-26-2)23-10-21-17-14(18(23)25)15(22-27-17)11-4-6-12(19)7-5-11/h4-7,10,13H,3,8-9H2,1-2H3,(H,20,24)/t13-/m1/s1. The van der Waals surface area contributed by atoms with E-state index in [0.717, 1.165) is 0 Å². The number of hydrogen-bond acceptors (Lipinski definition) is 6. The van der Waals surface area contributed by atoms with Crippen molar-refractivity contribution in [1.82, 2.24) is 20.0 Å². The first-order valence-electron chi connectivity index (χ1n) is 8.46. The van der Waals surface area contributed by atoms with Gasteiger partial charge >= 0.3 is 0 Å². The number of nitrogens with one attached hydrogen (secondary N) is 1. The van der Waals surface area contributed by atoms with Crippen LogP contribution in [-0.2, 0) is 9.53 Å². The minimum absolute atomic E-state index is 0.121. The summed E-state index contributed by atoms with van der Waals surface area (Å²) in [5.74, 6) is -0.276. The van der Waals surface area contributed by atoms with Crippen molar-refractivity contribution < 1.29 is 14.1 Å². The molecule has 9 heteroatoms. The molecule has 0 fully saturated rings. The lowest BCUT2D eigenvalue weighted by Gasteiger charge is -2.17. The van der Waals surface area contributed by atoms with Crippen molar-refractivity contribution in [3.63, 3.8) is 0 Å². The molecule has 1 atom stereocenters. The van der Waals surface area contributed by atoms with E-state index in [4.69, 9.17) is 20.9 Å². The van der Waals surface area contributed by atoms with E-state index in [2.05, 4.69) is 15.5 Å². The van der Waals surface area contributed by atoms with Crippen molar-refractivity contribution in [3.8, 4) is 11.3 Å². The number of ether oxygens (including phenoxy) is 1. The molecule has 0 radical (unpaired) electrons. The number of carbonyl (C=O) groups excluding carboxylic acids is 1. The summed E-state index contributed by atoms with van der Waals surface area (Å²) in [4.78, 5) is 29.7. The number of halogens is 1. The Labute approximate surface area is 160 Å². The van der Waals surface area contributed by atoms with Crippen LogP contribution in [0.1, 0.15) is 19.4 Å². The predicted molar refractivity (Wildman–Crippen MR) is 101 cm³/mol. The maximum Gasteiger partial charge on any atom is 0.267 e. The van der Waals surface area contributed by atoms with Crippen molar-refractivity contribution in [2.75, 3.05) is 20.3 Å². The molecule has 2 aromatic heterocycles. The second kappa shape index (κ2) is 8.32. The van der Waals surface area contributed by atoms with Crippen LogP contribution in [0.5, 0.6) is 0 Å². The van der Waals surface area contributed by atoms with Crippen molar-refractivity contribution in [3.05, 3.63) is 46.0 Å². The summed E-state index contributed by atoms with van der Waals surface area (Å²) < 4.78 is 11.4. The van der Waals surface area contributed by atoms with Crippen molar-refractivity contribution >= 4 is 28.6 Å². The molecule has 3 rings (SSSR count). The van der Waals surface area contributed by atoms with Gasteiger partial charge in [-0.25, -0.2) is 4.98 Å². The average molecular weight is 391 g/mol. The number of amides is 1. The van der Waals surface area contributed by atoms with Gasteiger partial charge in [-0.15, -0.1) is 0 Å². The van der Waals surface area contributed by atoms with Gasteiger partial charge in [0.05, 0.1) is 6.61 Å². The van der Waals surface area contributed by atoms with Crippen LogP contribution in [0.2, 0.25) is 5.02 Å². The first-order chi connectivity index (χ1) is 13.1. The first-order valence-corrected chi connectivity index (χ1v) is 8.83. The molecule has 8 nitrogen and oxygen atoms in total. The van der Waals surface area contributed by atoms with Crippen LogP contribution >= 0.6 is 11.6 Å². The van der Waals surface area contributed by atoms with E-state index in [9.17, 15) is 9.59 Å². The largest absolute Gasteiger partial charge is 0.383 e. The van der Waals surface area contributed by atoms with Gasteiger partial charge in [0.15, 0.2) is 0 Å². The van der Waals surface area contributed by atoms with Crippen molar-refractivity contribution in [2.24, 2.45) is 0 Å². The number of hydrogen-bond donors (Lipinski definition) is 1. The molecule has 1 aromatic carbocycles. The summed E-state index contributed by atoms with van der Waals surface area (Å²) >= 11 is 5.92. The Balaban J connectivity index is 2.03. The highest BCUT2D eigenvalue weighted by molar-refractivity contribution is 6.30. The zero-order valence-electron chi connectivity index (χ0n) is 14.9. The lowest BCUT2D eigenvalue weighted by atomic mass is 10.1. The van der Waals surface area contributed by atoms with E-state index in [1.165, 1.54) is 10.9 Å². The molecule has 1 N–H and O–H groups in total. The number of carbonyl (C=O) groups is 1. The van der Waals surface area contributed by atoms with Crippen LogP contribution in [0.4, 0.5) is 0 Å². The molecule has 0 aliphatic carbocycles. The normalized spacial score (nSPS) is 12.3. The Bertz CT molecular complexity index is 997. The van der Waals surface area contributed by atoms with E-state index in [1.807, 2.05) is 6.92 Å². The number of nitrogens with zero attached hydrogens (tertiary/aromatic N) is 3. The summed E-state index contributed by atoms with van der Waals surface area (Å²) in [5, 5.41) is 7.52. The maximum atomic E-state index is 13.1. The Morgan fingerprint density at radius 3 is 2.78 bits per heavy atom. The molecule has 0 aliphatic heterocycles.